The van der Waals surface area contributed by atoms with Gasteiger partial charge < -0.3 is 5.32 Å². The maximum Gasteiger partial charge on any atom is 0.278 e. The van der Waals surface area contributed by atoms with E-state index in [1.807, 2.05) is 0 Å². The number of hydrogen-bond acceptors (Lipinski definition) is 4. The first-order valence-electron chi connectivity index (χ1n) is 7.98. The van der Waals surface area contributed by atoms with Crippen LogP contribution in [0.3, 0.4) is 0 Å². The zero-order chi connectivity index (χ0) is 18.8. The normalized spacial score (nSPS) is 12.3. The highest BCUT2D eigenvalue weighted by Crippen LogP contribution is 2.23. The molecule has 1 amide bonds. The van der Waals surface area contributed by atoms with Gasteiger partial charge in [0, 0.05) is 4.47 Å². The van der Waals surface area contributed by atoms with E-state index in [9.17, 15) is 14.0 Å². The van der Waals surface area contributed by atoms with Crippen molar-refractivity contribution in [2.75, 3.05) is 5.32 Å². The van der Waals surface area contributed by atoms with Gasteiger partial charge in [-0.15, -0.1) is 5.10 Å². The van der Waals surface area contributed by atoms with Crippen LogP contribution in [0.15, 0.2) is 51.7 Å². The number of carbonyl (C=O) groups excluding carboxylic acids is 1. The monoisotopic (exact) mass is 418 g/mol. The maximum atomic E-state index is 14.0. The number of aromatic nitrogens is 3. The Bertz CT molecular complexity index is 1040. The molecule has 26 heavy (non-hydrogen) atoms. The summed E-state index contributed by atoms with van der Waals surface area (Å²) >= 11 is 3.17. The Morgan fingerprint density at radius 2 is 1.96 bits per heavy atom. The lowest BCUT2D eigenvalue weighted by molar-refractivity contribution is -0.120. The molecule has 0 aliphatic rings. The summed E-state index contributed by atoms with van der Waals surface area (Å²) in [7, 11) is 0. The van der Waals surface area contributed by atoms with Gasteiger partial charge in [0.05, 0.1) is 11.1 Å². The van der Waals surface area contributed by atoms with Crippen LogP contribution in [0.5, 0.6) is 0 Å². The van der Waals surface area contributed by atoms with Crippen molar-refractivity contribution in [1.82, 2.24) is 15.0 Å². The minimum absolute atomic E-state index is 0.0330. The van der Waals surface area contributed by atoms with Crippen LogP contribution >= 0.6 is 15.9 Å². The van der Waals surface area contributed by atoms with Crippen LogP contribution in [0.25, 0.3) is 10.9 Å². The van der Waals surface area contributed by atoms with Crippen LogP contribution in [0, 0.1) is 11.7 Å². The summed E-state index contributed by atoms with van der Waals surface area (Å²) in [5, 5.41) is 10.8. The first-order chi connectivity index (χ1) is 12.4. The van der Waals surface area contributed by atoms with Crippen molar-refractivity contribution < 1.29 is 9.18 Å². The number of hydrogen-bond donors (Lipinski definition) is 1. The van der Waals surface area contributed by atoms with E-state index in [1.165, 1.54) is 12.1 Å². The smallest absolute Gasteiger partial charge is 0.278 e. The Kier molecular flexibility index (Phi) is 5.13. The van der Waals surface area contributed by atoms with Crippen LogP contribution in [0.1, 0.15) is 19.9 Å². The second kappa shape index (κ2) is 7.33. The number of nitrogens with one attached hydrogen (secondary N) is 1. The van der Waals surface area contributed by atoms with E-state index in [0.717, 1.165) is 4.68 Å². The van der Waals surface area contributed by atoms with Gasteiger partial charge in [-0.2, -0.15) is 4.68 Å². The van der Waals surface area contributed by atoms with Crippen LogP contribution < -0.4 is 10.9 Å². The molecule has 2 aromatic carbocycles. The van der Waals surface area contributed by atoms with E-state index >= 15 is 0 Å². The van der Waals surface area contributed by atoms with E-state index < -0.39 is 23.3 Å². The Hall–Kier alpha value is -2.61. The van der Waals surface area contributed by atoms with Crippen molar-refractivity contribution >= 4 is 38.4 Å². The molecule has 1 N–H and O–H groups in total. The van der Waals surface area contributed by atoms with E-state index in [1.54, 1.807) is 44.2 Å². The molecule has 0 spiro atoms. The molecule has 0 saturated carbocycles. The second-order valence-corrected chi connectivity index (χ2v) is 7.07. The van der Waals surface area contributed by atoms with E-state index in [-0.39, 0.29) is 11.6 Å². The van der Waals surface area contributed by atoms with Crippen molar-refractivity contribution in [1.29, 1.82) is 0 Å². The van der Waals surface area contributed by atoms with Crippen molar-refractivity contribution in [3.63, 3.8) is 0 Å². The van der Waals surface area contributed by atoms with Gasteiger partial charge in [-0.3, -0.25) is 9.59 Å². The number of nitrogens with zero attached hydrogens (tertiary/aromatic N) is 3. The maximum absolute atomic E-state index is 14.0. The standard InChI is InChI=1S/C18H16BrFN4O2/c1-10(2)16(17(25)21-15-8-7-11(19)9-13(15)20)24-18(26)12-5-3-4-6-14(12)22-23-24/h3-10,16H,1-2H3,(H,21,25)/t16-/m0/s1. The molecule has 0 radical (unpaired) electrons. The number of fused-ring (bicyclic) bond motifs is 1. The minimum Gasteiger partial charge on any atom is -0.322 e. The lowest BCUT2D eigenvalue weighted by Gasteiger charge is -2.21. The average Bonchev–Trinajstić information content (AvgIpc) is 2.59. The van der Waals surface area contributed by atoms with Crippen molar-refractivity contribution in [2.24, 2.45) is 5.92 Å². The Labute approximate surface area is 157 Å². The number of benzene rings is 2. The van der Waals surface area contributed by atoms with Gasteiger partial charge in [-0.05, 0) is 36.2 Å². The van der Waals surface area contributed by atoms with Crippen LogP contribution in [0.4, 0.5) is 10.1 Å². The van der Waals surface area contributed by atoms with Crippen molar-refractivity contribution in [3.05, 3.63) is 63.1 Å². The Morgan fingerprint density at radius 3 is 2.65 bits per heavy atom. The fraction of sp³-hybridized carbons (Fsp3) is 0.222. The Balaban J connectivity index is 2.00. The molecule has 134 valence electrons. The SMILES string of the molecule is CC(C)[C@@H](C(=O)Nc1ccc(Br)cc1F)n1nnc2ccccc2c1=O. The van der Waals surface area contributed by atoms with Gasteiger partial charge in [0.15, 0.2) is 0 Å². The molecule has 1 heterocycles. The summed E-state index contributed by atoms with van der Waals surface area (Å²) in [4.78, 5) is 25.5. The van der Waals surface area contributed by atoms with Gasteiger partial charge in [0.25, 0.3) is 5.56 Å². The van der Waals surface area contributed by atoms with Gasteiger partial charge >= 0.3 is 0 Å². The molecule has 0 bridgehead atoms. The van der Waals surface area contributed by atoms with Crippen molar-refractivity contribution in [2.45, 2.75) is 19.9 Å². The van der Waals surface area contributed by atoms with Crippen LogP contribution in [-0.2, 0) is 4.79 Å². The summed E-state index contributed by atoms with van der Waals surface area (Å²) in [6.45, 7) is 3.57. The van der Waals surface area contributed by atoms with Gasteiger partial charge in [-0.25, -0.2) is 4.39 Å². The molecule has 0 aliphatic heterocycles. The lowest BCUT2D eigenvalue weighted by Crippen LogP contribution is -2.38. The molecule has 0 unspecified atom stereocenters. The fourth-order valence-corrected chi connectivity index (χ4v) is 3.01. The average molecular weight is 419 g/mol. The number of halogens is 2. The molecule has 3 aromatic rings. The van der Waals surface area contributed by atoms with E-state index in [0.29, 0.717) is 15.4 Å². The molecular formula is C18H16BrFN4O2. The Morgan fingerprint density at radius 1 is 1.23 bits per heavy atom. The molecular weight excluding hydrogens is 403 g/mol. The third-order valence-electron chi connectivity index (χ3n) is 3.94. The first-order valence-corrected chi connectivity index (χ1v) is 8.78. The predicted octanol–water partition coefficient (Wildman–Crippen LogP) is 3.53. The number of carbonyl (C=O) groups is 1. The number of rotatable bonds is 4. The highest BCUT2D eigenvalue weighted by Gasteiger charge is 2.28. The summed E-state index contributed by atoms with van der Waals surface area (Å²) in [5.41, 5.74) is 0.0713. The van der Waals surface area contributed by atoms with Crippen LogP contribution in [-0.4, -0.2) is 20.9 Å². The number of anilines is 1. The number of amides is 1. The zero-order valence-electron chi connectivity index (χ0n) is 14.1. The molecule has 0 saturated heterocycles. The van der Waals surface area contributed by atoms with E-state index in [4.69, 9.17) is 0 Å². The summed E-state index contributed by atoms with van der Waals surface area (Å²) in [5.74, 6) is -1.37. The van der Waals surface area contributed by atoms with Crippen LogP contribution in [0.2, 0.25) is 0 Å². The van der Waals surface area contributed by atoms with Gasteiger partial charge in [0.2, 0.25) is 5.91 Å². The molecule has 1 atom stereocenters. The lowest BCUT2D eigenvalue weighted by atomic mass is 10.0. The van der Waals surface area contributed by atoms with Crippen molar-refractivity contribution in [3.8, 4) is 0 Å². The minimum atomic E-state index is -0.928. The summed E-state index contributed by atoms with van der Waals surface area (Å²) in [6.07, 6.45) is 0. The molecule has 0 fully saturated rings. The summed E-state index contributed by atoms with van der Waals surface area (Å²) in [6, 6.07) is 10.2. The topological polar surface area (TPSA) is 76.9 Å². The molecule has 0 aliphatic carbocycles. The zero-order valence-corrected chi connectivity index (χ0v) is 15.7. The molecule has 3 rings (SSSR count). The van der Waals surface area contributed by atoms with Gasteiger partial charge in [-0.1, -0.05) is 47.1 Å². The highest BCUT2D eigenvalue weighted by molar-refractivity contribution is 9.10. The quantitative estimate of drug-likeness (QED) is 0.702. The second-order valence-electron chi connectivity index (χ2n) is 6.16. The van der Waals surface area contributed by atoms with E-state index in [2.05, 4.69) is 31.6 Å². The largest absolute Gasteiger partial charge is 0.322 e. The fourth-order valence-electron chi connectivity index (χ4n) is 2.68. The first kappa shape index (κ1) is 18.2. The third kappa shape index (κ3) is 3.50. The predicted molar refractivity (Wildman–Crippen MR) is 100 cm³/mol. The highest BCUT2D eigenvalue weighted by atomic mass is 79.9. The van der Waals surface area contributed by atoms with Gasteiger partial charge in [0.1, 0.15) is 17.4 Å². The third-order valence-corrected chi connectivity index (χ3v) is 4.44. The summed E-state index contributed by atoms with van der Waals surface area (Å²) < 4.78 is 15.6. The molecule has 6 nitrogen and oxygen atoms in total. The molecule has 8 heteroatoms. The molecule has 1 aromatic heterocycles.